The van der Waals surface area contributed by atoms with Crippen LogP contribution >= 0.6 is 11.8 Å². The van der Waals surface area contributed by atoms with Crippen molar-refractivity contribution in [2.24, 2.45) is 5.92 Å². The van der Waals surface area contributed by atoms with Crippen LogP contribution in [0, 0.1) is 5.92 Å². The number of hydrogen-bond acceptors (Lipinski definition) is 2. The molecule has 3 unspecified atom stereocenters. The first-order chi connectivity index (χ1) is 24.2. The van der Waals surface area contributed by atoms with Gasteiger partial charge in [0.2, 0.25) is 0 Å². The number of rotatable bonds is 3. The maximum absolute atomic E-state index is 7.32. The first-order valence-electron chi connectivity index (χ1n) is 17.6. The molecule has 0 radical (unpaired) electrons. The normalized spacial score (nSPS) is 21.3. The van der Waals surface area contributed by atoms with E-state index in [1.807, 2.05) is 11.8 Å². The molecule has 236 valence electrons. The zero-order valence-corrected chi connectivity index (χ0v) is 28.3. The van der Waals surface area contributed by atoms with Crippen LogP contribution in [-0.4, -0.2) is 11.9 Å². The van der Waals surface area contributed by atoms with E-state index in [1.54, 1.807) is 5.57 Å². The smallest absolute Gasteiger partial charge is 0.128 e. The zero-order valence-electron chi connectivity index (χ0n) is 27.5. The van der Waals surface area contributed by atoms with Gasteiger partial charge < -0.3 is 4.74 Å². The van der Waals surface area contributed by atoms with Gasteiger partial charge in [0.1, 0.15) is 11.9 Å². The Bertz CT molecular complexity index is 2440. The van der Waals surface area contributed by atoms with Gasteiger partial charge in [-0.3, -0.25) is 0 Å². The Hall–Kier alpha value is -5.05. The van der Waals surface area contributed by atoms with Gasteiger partial charge in [0.15, 0.2) is 0 Å². The van der Waals surface area contributed by atoms with Gasteiger partial charge in [0.25, 0.3) is 0 Å². The SMILES string of the molecule is CC1CC2=C(C=C1c1cccc3ccccc13)c1ccccc1C1C3=C(SCC3)C(c3ccc(-c4ccccc4)c4ccccc34)=CC1O2. The molecular formula is C47H36OS. The summed E-state index contributed by atoms with van der Waals surface area (Å²) >= 11 is 2.03. The summed E-state index contributed by atoms with van der Waals surface area (Å²) in [5.41, 5.74) is 13.4. The molecule has 6 aromatic carbocycles. The summed E-state index contributed by atoms with van der Waals surface area (Å²) in [7, 11) is 0. The molecule has 0 amide bonds. The van der Waals surface area contributed by atoms with Gasteiger partial charge in [-0.05, 0) is 96.1 Å². The van der Waals surface area contributed by atoms with Crippen LogP contribution in [0.1, 0.15) is 47.9 Å². The maximum atomic E-state index is 7.32. The van der Waals surface area contributed by atoms with Crippen LogP contribution < -0.4 is 0 Å². The average Bonchev–Trinajstić information content (AvgIpc) is 3.60. The lowest BCUT2D eigenvalue weighted by Crippen LogP contribution is -2.25. The third kappa shape index (κ3) is 4.61. The molecule has 1 nitrogen and oxygen atoms in total. The third-order valence-corrected chi connectivity index (χ3v) is 12.3. The van der Waals surface area contributed by atoms with Gasteiger partial charge in [-0.25, -0.2) is 0 Å². The van der Waals surface area contributed by atoms with Crippen LogP contribution in [0.25, 0.3) is 49.4 Å². The van der Waals surface area contributed by atoms with Crippen molar-refractivity contribution < 1.29 is 4.74 Å². The molecule has 4 aliphatic rings. The number of thioether (sulfide) groups is 1. The largest absolute Gasteiger partial charge is 0.489 e. The number of allylic oxidation sites excluding steroid dienone is 5. The van der Waals surface area contributed by atoms with Crippen molar-refractivity contribution >= 4 is 50.0 Å². The summed E-state index contributed by atoms with van der Waals surface area (Å²) in [6.07, 6.45) is 6.86. The molecule has 0 fully saturated rings. The molecule has 0 spiro atoms. The van der Waals surface area contributed by atoms with Crippen molar-refractivity contribution in [3.05, 3.63) is 184 Å². The van der Waals surface area contributed by atoms with Crippen molar-refractivity contribution in [3.63, 3.8) is 0 Å². The van der Waals surface area contributed by atoms with E-state index in [-0.39, 0.29) is 12.0 Å². The second-order valence-electron chi connectivity index (χ2n) is 13.8. The zero-order chi connectivity index (χ0) is 32.5. The van der Waals surface area contributed by atoms with E-state index in [4.69, 9.17) is 4.74 Å². The third-order valence-electron chi connectivity index (χ3n) is 11.1. The number of hydrogen-bond donors (Lipinski definition) is 0. The van der Waals surface area contributed by atoms with E-state index in [9.17, 15) is 0 Å². The first-order valence-corrected chi connectivity index (χ1v) is 18.6. The molecule has 49 heavy (non-hydrogen) atoms. The molecule has 0 aromatic heterocycles. The molecule has 0 bridgehead atoms. The van der Waals surface area contributed by atoms with E-state index in [2.05, 4.69) is 153 Å². The lowest BCUT2D eigenvalue weighted by molar-refractivity contribution is 0.131. The second kappa shape index (κ2) is 11.5. The van der Waals surface area contributed by atoms with Gasteiger partial charge in [-0.15, -0.1) is 11.8 Å². The Kier molecular flexibility index (Phi) is 6.81. The van der Waals surface area contributed by atoms with Crippen LogP contribution in [0.15, 0.2) is 162 Å². The van der Waals surface area contributed by atoms with Crippen molar-refractivity contribution in [1.29, 1.82) is 0 Å². The minimum Gasteiger partial charge on any atom is -0.489 e. The summed E-state index contributed by atoms with van der Waals surface area (Å²) < 4.78 is 7.32. The van der Waals surface area contributed by atoms with E-state index < -0.39 is 0 Å². The maximum Gasteiger partial charge on any atom is 0.128 e. The fourth-order valence-corrected chi connectivity index (χ4v) is 10.1. The summed E-state index contributed by atoms with van der Waals surface area (Å²) in [5.74, 6) is 2.79. The predicted molar refractivity (Wildman–Crippen MR) is 208 cm³/mol. The lowest BCUT2D eigenvalue weighted by atomic mass is 9.75. The Morgan fingerprint density at radius 1 is 0.633 bits per heavy atom. The highest BCUT2D eigenvalue weighted by atomic mass is 32.2. The topological polar surface area (TPSA) is 9.23 Å². The van der Waals surface area contributed by atoms with E-state index in [1.165, 1.54) is 76.6 Å². The fourth-order valence-electron chi connectivity index (χ4n) is 8.85. The quantitative estimate of drug-likeness (QED) is 0.189. The molecular weight excluding hydrogens is 613 g/mol. The van der Waals surface area contributed by atoms with E-state index in [0.717, 1.165) is 24.4 Å². The molecule has 0 saturated carbocycles. The van der Waals surface area contributed by atoms with Gasteiger partial charge in [0.05, 0.1) is 0 Å². The van der Waals surface area contributed by atoms with Crippen molar-refractivity contribution in [3.8, 4) is 11.1 Å². The molecule has 2 aliphatic heterocycles. The Labute approximate surface area is 292 Å². The molecule has 2 heterocycles. The predicted octanol–water partition coefficient (Wildman–Crippen LogP) is 12.5. The Morgan fingerprint density at radius 2 is 1.33 bits per heavy atom. The highest BCUT2D eigenvalue weighted by Gasteiger charge is 2.42. The first kappa shape index (κ1) is 28.9. The standard InChI is InChI=1S/C47H36OS/c1-29-26-44-42(27-41(29)35-21-11-15-31-14-5-6-16-32(31)35)37-19-9-10-20-39(37)46-40-24-25-49-47(40)43(28-45(46)48-44)38-23-22-33(30-12-3-2-4-13-30)34-17-7-8-18-36(34)38/h2-23,27-29,45-46H,24-26H2,1H3. The van der Waals surface area contributed by atoms with E-state index in [0.29, 0.717) is 5.92 Å². The Balaban J connectivity index is 1.14. The molecule has 3 atom stereocenters. The van der Waals surface area contributed by atoms with E-state index >= 15 is 0 Å². The van der Waals surface area contributed by atoms with Crippen molar-refractivity contribution in [2.45, 2.75) is 31.8 Å². The van der Waals surface area contributed by atoms with Gasteiger partial charge in [-0.2, -0.15) is 0 Å². The highest BCUT2D eigenvalue weighted by Crippen LogP contribution is 2.56. The van der Waals surface area contributed by atoms with Gasteiger partial charge >= 0.3 is 0 Å². The lowest BCUT2D eigenvalue weighted by Gasteiger charge is -2.33. The summed E-state index contributed by atoms with van der Waals surface area (Å²) in [5, 5.41) is 5.20. The minimum absolute atomic E-state index is 0.0617. The van der Waals surface area contributed by atoms with Gasteiger partial charge in [0, 0.05) is 28.6 Å². The minimum atomic E-state index is -0.0617. The second-order valence-corrected chi connectivity index (χ2v) is 14.9. The van der Waals surface area contributed by atoms with Gasteiger partial charge in [-0.1, -0.05) is 140 Å². The van der Waals surface area contributed by atoms with Crippen LogP contribution in [-0.2, 0) is 4.74 Å². The average molecular weight is 649 g/mol. The number of fused-ring (bicyclic) bond motifs is 7. The fraction of sp³-hybridized carbons (Fsp3) is 0.149. The summed E-state index contributed by atoms with van der Waals surface area (Å²) in [6.45, 7) is 2.37. The highest BCUT2D eigenvalue weighted by molar-refractivity contribution is 8.03. The molecule has 2 heteroatoms. The molecule has 0 saturated heterocycles. The molecule has 10 rings (SSSR count). The Morgan fingerprint density at radius 3 is 2.20 bits per heavy atom. The van der Waals surface area contributed by atoms with Crippen molar-refractivity contribution in [1.82, 2.24) is 0 Å². The number of ether oxygens (including phenoxy) is 1. The van der Waals surface area contributed by atoms with Crippen LogP contribution in [0.5, 0.6) is 0 Å². The summed E-state index contributed by atoms with van der Waals surface area (Å²) in [4.78, 5) is 1.46. The van der Waals surface area contributed by atoms with Crippen molar-refractivity contribution in [2.75, 3.05) is 5.75 Å². The van der Waals surface area contributed by atoms with Crippen LogP contribution in [0.4, 0.5) is 0 Å². The van der Waals surface area contributed by atoms with Crippen LogP contribution in [0.3, 0.4) is 0 Å². The molecule has 2 aliphatic carbocycles. The van der Waals surface area contributed by atoms with Crippen LogP contribution in [0.2, 0.25) is 0 Å². The summed E-state index contributed by atoms with van der Waals surface area (Å²) in [6, 6.07) is 49.0. The molecule has 6 aromatic rings. The number of benzene rings is 6. The molecule has 0 N–H and O–H groups in total. The monoisotopic (exact) mass is 648 g/mol.